The van der Waals surface area contributed by atoms with Crippen molar-refractivity contribution in [2.24, 2.45) is 0 Å². The number of benzene rings is 1. The number of nitrogens with one attached hydrogen (secondary N) is 3. The number of aryl methyl sites for hydroxylation is 1. The maximum absolute atomic E-state index is 11.8. The van der Waals surface area contributed by atoms with Gasteiger partial charge in [0.05, 0.1) is 19.0 Å². The first-order valence-electron chi connectivity index (χ1n) is 8.33. The first kappa shape index (κ1) is 17.5. The highest BCUT2D eigenvalue weighted by molar-refractivity contribution is 5.94. The molecular weight excluding hydrogens is 332 g/mol. The minimum atomic E-state index is -0.0913. The van der Waals surface area contributed by atoms with E-state index in [-0.39, 0.29) is 5.91 Å². The third kappa shape index (κ3) is 3.39. The Morgan fingerprint density at radius 3 is 2.77 bits per heavy atom. The standard InChI is InChI=1S/C18H22N6O2/c1-5-17(25)22-13-10-20-24-16(19-3)9-15(23-18(13)24)21-12-8-11(2)6-7-14(12)26-4/h6-10,19H,5H2,1-4H3,(H,21,23)(H,22,25). The normalized spacial score (nSPS) is 10.6. The molecule has 26 heavy (non-hydrogen) atoms. The van der Waals surface area contributed by atoms with Crippen molar-refractivity contribution in [1.29, 1.82) is 0 Å². The van der Waals surface area contributed by atoms with Crippen molar-refractivity contribution in [2.45, 2.75) is 20.3 Å². The Kier molecular flexibility index (Phi) is 4.92. The first-order valence-corrected chi connectivity index (χ1v) is 8.33. The molecule has 8 nitrogen and oxygen atoms in total. The number of carbonyl (C=O) groups excluding carboxylic acids is 1. The lowest BCUT2D eigenvalue weighted by Crippen LogP contribution is -2.10. The molecule has 0 atom stereocenters. The van der Waals surface area contributed by atoms with Gasteiger partial charge in [-0.25, -0.2) is 4.98 Å². The second-order valence-corrected chi connectivity index (χ2v) is 5.80. The van der Waals surface area contributed by atoms with Crippen LogP contribution in [0.2, 0.25) is 0 Å². The number of amides is 1. The molecule has 8 heteroatoms. The number of carbonyl (C=O) groups is 1. The summed E-state index contributed by atoms with van der Waals surface area (Å²) in [4.78, 5) is 16.4. The molecule has 0 aliphatic heterocycles. The van der Waals surface area contributed by atoms with E-state index in [1.807, 2.05) is 31.2 Å². The van der Waals surface area contributed by atoms with Crippen LogP contribution in [-0.4, -0.2) is 34.7 Å². The molecule has 0 fully saturated rings. The molecule has 3 aromatic rings. The SMILES string of the molecule is CCC(=O)Nc1cnn2c(NC)cc(Nc3cc(C)ccc3OC)nc12. The zero-order valence-electron chi connectivity index (χ0n) is 15.3. The van der Waals surface area contributed by atoms with E-state index in [0.717, 1.165) is 22.8 Å². The maximum Gasteiger partial charge on any atom is 0.224 e. The van der Waals surface area contributed by atoms with Gasteiger partial charge in [0.25, 0.3) is 0 Å². The Bertz CT molecular complexity index is 950. The van der Waals surface area contributed by atoms with E-state index >= 15 is 0 Å². The summed E-state index contributed by atoms with van der Waals surface area (Å²) in [5.41, 5.74) is 3.02. The molecule has 0 aliphatic rings. The predicted molar refractivity (Wildman–Crippen MR) is 102 cm³/mol. The highest BCUT2D eigenvalue weighted by Crippen LogP contribution is 2.30. The third-order valence-corrected chi connectivity index (χ3v) is 3.94. The van der Waals surface area contributed by atoms with Crippen molar-refractivity contribution in [2.75, 3.05) is 30.1 Å². The van der Waals surface area contributed by atoms with Gasteiger partial charge < -0.3 is 20.7 Å². The van der Waals surface area contributed by atoms with E-state index in [0.29, 0.717) is 23.6 Å². The van der Waals surface area contributed by atoms with Gasteiger partial charge in [0.15, 0.2) is 5.65 Å². The van der Waals surface area contributed by atoms with Gasteiger partial charge in [-0.05, 0) is 24.6 Å². The van der Waals surface area contributed by atoms with Crippen LogP contribution in [0.3, 0.4) is 0 Å². The average Bonchev–Trinajstić information content (AvgIpc) is 3.04. The highest BCUT2D eigenvalue weighted by atomic mass is 16.5. The van der Waals surface area contributed by atoms with Crippen LogP contribution < -0.4 is 20.7 Å². The summed E-state index contributed by atoms with van der Waals surface area (Å²) in [6, 6.07) is 7.71. The molecule has 0 aliphatic carbocycles. The summed E-state index contributed by atoms with van der Waals surface area (Å²) < 4.78 is 7.05. The summed E-state index contributed by atoms with van der Waals surface area (Å²) in [6.07, 6.45) is 1.97. The average molecular weight is 354 g/mol. The molecular formula is C18H22N6O2. The number of hydrogen-bond donors (Lipinski definition) is 3. The van der Waals surface area contributed by atoms with Crippen LogP contribution in [0.4, 0.5) is 23.0 Å². The fourth-order valence-electron chi connectivity index (χ4n) is 2.59. The molecule has 3 rings (SSSR count). The van der Waals surface area contributed by atoms with E-state index in [4.69, 9.17) is 4.74 Å². The van der Waals surface area contributed by atoms with Crippen LogP contribution in [0, 0.1) is 6.92 Å². The second-order valence-electron chi connectivity index (χ2n) is 5.80. The molecule has 0 saturated heterocycles. The Morgan fingerprint density at radius 1 is 1.27 bits per heavy atom. The number of ether oxygens (including phenoxy) is 1. The number of nitrogens with zero attached hydrogens (tertiary/aromatic N) is 3. The fraction of sp³-hybridized carbons (Fsp3) is 0.278. The van der Waals surface area contributed by atoms with Gasteiger partial charge in [-0.15, -0.1) is 0 Å². The fourth-order valence-corrected chi connectivity index (χ4v) is 2.59. The van der Waals surface area contributed by atoms with Crippen molar-refractivity contribution in [3.8, 4) is 5.75 Å². The summed E-state index contributed by atoms with van der Waals surface area (Å²) in [5.74, 6) is 1.97. The lowest BCUT2D eigenvalue weighted by Gasteiger charge is -2.13. The lowest BCUT2D eigenvalue weighted by molar-refractivity contribution is -0.115. The molecule has 0 saturated carbocycles. The molecule has 0 bridgehead atoms. The van der Waals surface area contributed by atoms with Gasteiger partial charge >= 0.3 is 0 Å². The molecule has 0 unspecified atom stereocenters. The van der Waals surface area contributed by atoms with Crippen LogP contribution in [0.15, 0.2) is 30.5 Å². The number of fused-ring (bicyclic) bond motifs is 1. The van der Waals surface area contributed by atoms with Crippen LogP contribution in [0.25, 0.3) is 5.65 Å². The molecule has 3 N–H and O–H groups in total. The number of aromatic nitrogens is 3. The molecule has 0 radical (unpaired) electrons. The summed E-state index contributed by atoms with van der Waals surface area (Å²) in [6.45, 7) is 3.81. The van der Waals surface area contributed by atoms with Gasteiger partial charge in [-0.1, -0.05) is 13.0 Å². The minimum absolute atomic E-state index is 0.0913. The van der Waals surface area contributed by atoms with E-state index in [9.17, 15) is 4.79 Å². The molecule has 136 valence electrons. The maximum atomic E-state index is 11.8. The molecule has 0 spiro atoms. The number of anilines is 4. The monoisotopic (exact) mass is 354 g/mol. The Labute approximate surface area is 151 Å². The second kappa shape index (κ2) is 7.30. The van der Waals surface area contributed by atoms with Crippen LogP contribution in [-0.2, 0) is 4.79 Å². The molecule has 1 aromatic carbocycles. The predicted octanol–water partition coefficient (Wildman–Crippen LogP) is 3.18. The van der Waals surface area contributed by atoms with Crippen LogP contribution in [0.1, 0.15) is 18.9 Å². The third-order valence-electron chi connectivity index (χ3n) is 3.94. The largest absolute Gasteiger partial charge is 0.495 e. The van der Waals surface area contributed by atoms with Gasteiger partial charge in [0.1, 0.15) is 23.1 Å². The topological polar surface area (TPSA) is 92.6 Å². The molecule has 1 amide bonds. The van der Waals surface area contributed by atoms with Gasteiger partial charge in [0, 0.05) is 19.5 Å². The first-order chi connectivity index (χ1) is 12.5. The Balaban J connectivity index is 2.05. The van der Waals surface area contributed by atoms with Gasteiger partial charge in [-0.2, -0.15) is 9.61 Å². The molecule has 2 heterocycles. The highest BCUT2D eigenvalue weighted by Gasteiger charge is 2.14. The summed E-state index contributed by atoms with van der Waals surface area (Å²) >= 11 is 0. The van der Waals surface area contributed by atoms with E-state index < -0.39 is 0 Å². The number of hydrogen-bond acceptors (Lipinski definition) is 6. The zero-order chi connectivity index (χ0) is 18.7. The smallest absolute Gasteiger partial charge is 0.224 e. The van der Waals surface area contributed by atoms with Gasteiger partial charge in [-0.3, -0.25) is 4.79 Å². The van der Waals surface area contributed by atoms with E-state index in [1.165, 1.54) is 0 Å². The van der Waals surface area contributed by atoms with Crippen molar-refractivity contribution in [3.05, 3.63) is 36.0 Å². The van der Waals surface area contributed by atoms with Crippen LogP contribution >= 0.6 is 0 Å². The summed E-state index contributed by atoms with van der Waals surface area (Å²) in [7, 11) is 3.43. The number of methoxy groups -OCH3 is 1. The molecule has 2 aromatic heterocycles. The van der Waals surface area contributed by atoms with Crippen molar-refractivity contribution >= 4 is 34.6 Å². The number of rotatable bonds is 6. The van der Waals surface area contributed by atoms with E-state index in [2.05, 4.69) is 26.0 Å². The quantitative estimate of drug-likeness (QED) is 0.630. The van der Waals surface area contributed by atoms with Crippen molar-refractivity contribution < 1.29 is 9.53 Å². The van der Waals surface area contributed by atoms with E-state index in [1.54, 1.807) is 31.8 Å². The minimum Gasteiger partial charge on any atom is -0.495 e. The van der Waals surface area contributed by atoms with Gasteiger partial charge in [0.2, 0.25) is 5.91 Å². The van der Waals surface area contributed by atoms with Crippen molar-refractivity contribution in [3.63, 3.8) is 0 Å². The zero-order valence-corrected chi connectivity index (χ0v) is 15.3. The lowest BCUT2D eigenvalue weighted by atomic mass is 10.2. The van der Waals surface area contributed by atoms with Crippen LogP contribution in [0.5, 0.6) is 5.75 Å². The van der Waals surface area contributed by atoms with Crippen molar-refractivity contribution in [1.82, 2.24) is 14.6 Å². The summed E-state index contributed by atoms with van der Waals surface area (Å²) in [5, 5.41) is 13.5. The Morgan fingerprint density at radius 2 is 2.08 bits per heavy atom. The Hall–Kier alpha value is -3.29.